The van der Waals surface area contributed by atoms with E-state index >= 15 is 0 Å². The summed E-state index contributed by atoms with van der Waals surface area (Å²) in [5.41, 5.74) is -1.26. The van der Waals surface area contributed by atoms with Crippen molar-refractivity contribution < 1.29 is 19.1 Å². The standard InChI is InChI=1S/C19H32N4O4/c1-5-23-15(24)19(20-16(23)25)9-6-10-22(13-19)14-7-11-21(12-8-14)17(26)27-18(2,3)4/h14H,5-13H2,1-4H3,(H,20,25). The molecule has 1 N–H and O–H groups in total. The molecular weight excluding hydrogens is 348 g/mol. The Morgan fingerprint density at radius 1 is 1.22 bits per heavy atom. The van der Waals surface area contributed by atoms with E-state index in [0.717, 1.165) is 25.8 Å². The fourth-order valence-corrected chi connectivity index (χ4v) is 4.38. The minimum atomic E-state index is -0.770. The van der Waals surface area contributed by atoms with E-state index in [1.165, 1.54) is 4.90 Å². The Hall–Kier alpha value is -1.83. The molecule has 3 heterocycles. The molecule has 1 unspecified atom stereocenters. The molecule has 0 aromatic heterocycles. The lowest BCUT2D eigenvalue weighted by atomic mass is 9.87. The molecule has 3 saturated heterocycles. The molecule has 8 nitrogen and oxygen atoms in total. The summed E-state index contributed by atoms with van der Waals surface area (Å²) in [5, 5.41) is 2.95. The molecule has 8 heteroatoms. The molecule has 4 amide bonds. The first-order valence-electron chi connectivity index (χ1n) is 10.0. The number of likely N-dealkylation sites (N-methyl/N-ethyl adjacent to an activating group) is 1. The first-order chi connectivity index (χ1) is 12.6. The van der Waals surface area contributed by atoms with E-state index in [9.17, 15) is 14.4 Å². The van der Waals surface area contributed by atoms with E-state index < -0.39 is 11.1 Å². The average Bonchev–Trinajstić information content (AvgIpc) is 2.83. The van der Waals surface area contributed by atoms with Crippen molar-refractivity contribution in [3.8, 4) is 0 Å². The van der Waals surface area contributed by atoms with Gasteiger partial charge in [-0.15, -0.1) is 0 Å². The van der Waals surface area contributed by atoms with Crippen LogP contribution in [0.1, 0.15) is 53.4 Å². The SMILES string of the molecule is CCN1C(=O)NC2(CCCN(C3CCN(C(=O)OC(C)(C)C)CC3)C2)C1=O. The van der Waals surface area contributed by atoms with Crippen LogP contribution in [0.5, 0.6) is 0 Å². The minimum Gasteiger partial charge on any atom is -0.444 e. The second kappa shape index (κ2) is 7.30. The lowest BCUT2D eigenvalue weighted by Gasteiger charge is -2.45. The maximum atomic E-state index is 12.8. The molecule has 0 radical (unpaired) electrons. The van der Waals surface area contributed by atoms with Gasteiger partial charge in [0.15, 0.2) is 0 Å². The molecule has 1 spiro atoms. The van der Waals surface area contributed by atoms with Gasteiger partial charge in [0.05, 0.1) is 0 Å². The van der Waals surface area contributed by atoms with Crippen LogP contribution in [0.4, 0.5) is 9.59 Å². The number of likely N-dealkylation sites (tertiary alicyclic amines) is 2. The van der Waals surface area contributed by atoms with Gasteiger partial charge in [-0.2, -0.15) is 0 Å². The molecule has 3 rings (SSSR count). The van der Waals surface area contributed by atoms with Crippen LogP contribution in [0.25, 0.3) is 0 Å². The number of urea groups is 1. The highest BCUT2D eigenvalue weighted by atomic mass is 16.6. The van der Waals surface area contributed by atoms with Crippen molar-refractivity contribution in [3.63, 3.8) is 0 Å². The summed E-state index contributed by atoms with van der Waals surface area (Å²) in [5.74, 6) is -0.0918. The minimum absolute atomic E-state index is 0.0918. The molecule has 27 heavy (non-hydrogen) atoms. The Balaban J connectivity index is 1.58. The predicted molar refractivity (Wildman–Crippen MR) is 100 cm³/mol. The zero-order valence-corrected chi connectivity index (χ0v) is 16.9. The molecule has 3 fully saturated rings. The molecule has 0 aliphatic carbocycles. The largest absolute Gasteiger partial charge is 0.444 e. The molecule has 3 aliphatic heterocycles. The van der Waals surface area contributed by atoms with Gasteiger partial charge >= 0.3 is 12.1 Å². The van der Waals surface area contributed by atoms with E-state index in [1.54, 1.807) is 4.90 Å². The summed E-state index contributed by atoms with van der Waals surface area (Å²) in [6.07, 6.45) is 3.04. The molecule has 0 saturated carbocycles. The Morgan fingerprint density at radius 3 is 2.44 bits per heavy atom. The zero-order valence-electron chi connectivity index (χ0n) is 16.9. The number of nitrogens with one attached hydrogen (secondary N) is 1. The number of piperidine rings is 2. The van der Waals surface area contributed by atoms with Crippen LogP contribution < -0.4 is 5.32 Å². The molecule has 0 aromatic carbocycles. The van der Waals surface area contributed by atoms with Gasteiger partial charge in [0.1, 0.15) is 11.1 Å². The number of amides is 4. The summed E-state index contributed by atoms with van der Waals surface area (Å²) in [6.45, 7) is 10.6. The van der Waals surface area contributed by atoms with Gasteiger partial charge in [-0.25, -0.2) is 9.59 Å². The van der Waals surface area contributed by atoms with Crippen LogP contribution in [0.3, 0.4) is 0 Å². The van der Waals surface area contributed by atoms with Crippen molar-refractivity contribution >= 4 is 18.0 Å². The van der Waals surface area contributed by atoms with Crippen molar-refractivity contribution in [3.05, 3.63) is 0 Å². The topological polar surface area (TPSA) is 82.2 Å². The molecule has 0 bridgehead atoms. The first-order valence-corrected chi connectivity index (χ1v) is 10.0. The Labute approximate surface area is 161 Å². The van der Waals surface area contributed by atoms with E-state index in [4.69, 9.17) is 4.74 Å². The third kappa shape index (κ3) is 4.05. The fourth-order valence-electron chi connectivity index (χ4n) is 4.38. The van der Waals surface area contributed by atoms with Gasteiger partial charge in [0.2, 0.25) is 0 Å². The van der Waals surface area contributed by atoms with Crippen LogP contribution in [0.15, 0.2) is 0 Å². The predicted octanol–water partition coefficient (Wildman–Crippen LogP) is 1.79. The lowest BCUT2D eigenvalue weighted by molar-refractivity contribution is -0.133. The van der Waals surface area contributed by atoms with Crippen molar-refractivity contribution in [1.82, 2.24) is 20.0 Å². The molecule has 1 atom stereocenters. The molecular formula is C19H32N4O4. The van der Waals surface area contributed by atoms with Crippen molar-refractivity contribution in [2.45, 2.75) is 70.6 Å². The maximum absolute atomic E-state index is 12.8. The normalized spacial score (nSPS) is 28.0. The maximum Gasteiger partial charge on any atom is 0.410 e. The van der Waals surface area contributed by atoms with Crippen molar-refractivity contribution in [2.24, 2.45) is 0 Å². The van der Waals surface area contributed by atoms with Crippen LogP contribution in [-0.4, -0.2) is 82.6 Å². The fraction of sp³-hybridized carbons (Fsp3) is 0.842. The van der Waals surface area contributed by atoms with E-state index in [2.05, 4.69) is 10.2 Å². The lowest BCUT2D eigenvalue weighted by Crippen LogP contribution is -2.61. The summed E-state index contributed by atoms with van der Waals surface area (Å²) in [6, 6.07) is 0.0466. The second-order valence-corrected chi connectivity index (χ2v) is 8.83. The Kier molecular flexibility index (Phi) is 5.38. The van der Waals surface area contributed by atoms with Crippen LogP contribution in [0, 0.1) is 0 Å². The molecule has 152 valence electrons. The number of nitrogens with zero attached hydrogens (tertiary/aromatic N) is 3. The number of hydrogen-bond acceptors (Lipinski definition) is 5. The van der Waals surface area contributed by atoms with Gasteiger partial charge in [0, 0.05) is 32.2 Å². The second-order valence-electron chi connectivity index (χ2n) is 8.83. The first kappa shape index (κ1) is 19.9. The van der Waals surface area contributed by atoms with Crippen molar-refractivity contribution in [2.75, 3.05) is 32.7 Å². The Morgan fingerprint density at radius 2 is 1.89 bits per heavy atom. The van der Waals surface area contributed by atoms with Gasteiger partial charge in [-0.1, -0.05) is 0 Å². The third-order valence-electron chi connectivity index (χ3n) is 5.72. The van der Waals surface area contributed by atoms with Gasteiger partial charge in [-0.3, -0.25) is 14.6 Å². The number of hydrogen-bond donors (Lipinski definition) is 1. The average molecular weight is 380 g/mol. The van der Waals surface area contributed by atoms with Gasteiger partial charge in [0.25, 0.3) is 5.91 Å². The van der Waals surface area contributed by atoms with Gasteiger partial charge in [-0.05, 0) is 59.9 Å². The number of imide groups is 1. The highest BCUT2D eigenvalue weighted by molar-refractivity contribution is 6.07. The van der Waals surface area contributed by atoms with E-state index in [0.29, 0.717) is 38.6 Å². The van der Waals surface area contributed by atoms with Crippen molar-refractivity contribution in [1.29, 1.82) is 0 Å². The molecule has 3 aliphatic rings. The number of ether oxygens (including phenoxy) is 1. The monoisotopic (exact) mass is 380 g/mol. The van der Waals surface area contributed by atoms with Crippen LogP contribution in [0.2, 0.25) is 0 Å². The number of rotatable bonds is 2. The van der Waals surface area contributed by atoms with Crippen LogP contribution >= 0.6 is 0 Å². The van der Waals surface area contributed by atoms with Crippen LogP contribution in [-0.2, 0) is 9.53 Å². The number of carbonyl (C=O) groups excluding carboxylic acids is 3. The smallest absolute Gasteiger partial charge is 0.410 e. The summed E-state index contributed by atoms with van der Waals surface area (Å²) < 4.78 is 5.46. The zero-order chi connectivity index (χ0) is 19.8. The third-order valence-corrected chi connectivity index (χ3v) is 5.72. The summed E-state index contributed by atoms with van der Waals surface area (Å²) in [4.78, 5) is 42.5. The Bertz CT molecular complexity index is 609. The molecule has 0 aromatic rings. The summed E-state index contributed by atoms with van der Waals surface area (Å²) in [7, 11) is 0. The van der Waals surface area contributed by atoms with E-state index in [-0.39, 0.29) is 18.0 Å². The summed E-state index contributed by atoms with van der Waals surface area (Å²) >= 11 is 0. The quantitative estimate of drug-likeness (QED) is 0.739. The number of carbonyl (C=O) groups is 3. The highest BCUT2D eigenvalue weighted by Crippen LogP contribution is 2.31. The van der Waals surface area contributed by atoms with Gasteiger partial charge < -0.3 is 15.0 Å². The van der Waals surface area contributed by atoms with E-state index in [1.807, 2.05) is 27.7 Å². The highest BCUT2D eigenvalue weighted by Gasteiger charge is 2.53.